The van der Waals surface area contributed by atoms with Crippen LogP contribution < -0.4 is 20.9 Å². The van der Waals surface area contributed by atoms with E-state index in [0.29, 0.717) is 40.7 Å². The molecular weight excluding hydrogens is 416 g/mol. The molecule has 0 aromatic carbocycles. The number of anilines is 1. The van der Waals surface area contributed by atoms with Gasteiger partial charge in [0.05, 0.1) is 24.2 Å². The molecule has 3 N–H and O–H groups in total. The van der Waals surface area contributed by atoms with Gasteiger partial charge < -0.3 is 20.8 Å². The Morgan fingerprint density at radius 1 is 1.18 bits per heavy atom. The Labute approximate surface area is 191 Å². The molecule has 0 aliphatic heterocycles. The summed E-state index contributed by atoms with van der Waals surface area (Å²) in [7, 11) is 1.78. The highest BCUT2D eigenvalue weighted by Gasteiger charge is 2.18. The van der Waals surface area contributed by atoms with Gasteiger partial charge in [0.2, 0.25) is 5.88 Å². The first-order valence-electron chi connectivity index (χ1n) is 10.8. The topological polar surface area (TPSA) is 105 Å². The van der Waals surface area contributed by atoms with Crippen LogP contribution in [0.1, 0.15) is 19.4 Å². The Hall–Kier alpha value is -4.20. The van der Waals surface area contributed by atoms with E-state index in [1.807, 2.05) is 44.2 Å². The SMILES string of the molecule is CCNc1ccc(-n2c(=O)c(C3=C/C(=C/NC)C(=N)C=C3)cc3ccc(OCC)nc32)cn1. The third kappa shape index (κ3) is 4.41. The fourth-order valence-electron chi connectivity index (χ4n) is 3.65. The molecule has 0 atom stereocenters. The first kappa shape index (κ1) is 22.0. The minimum absolute atomic E-state index is 0.227. The zero-order chi connectivity index (χ0) is 23.4. The largest absolute Gasteiger partial charge is 0.478 e. The maximum Gasteiger partial charge on any atom is 0.264 e. The van der Waals surface area contributed by atoms with Crippen LogP contribution in [0.25, 0.3) is 22.3 Å². The van der Waals surface area contributed by atoms with Crippen molar-refractivity contribution in [3.8, 4) is 11.6 Å². The van der Waals surface area contributed by atoms with Gasteiger partial charge in [0.1, 0.15) is 5.82 Å². The summed E-state index contributed by atoms with van der Waals surface area (Å²) in [6.45, 7) is 5.12. The molecule has 1 aliphatic carbocycles. The summed E-state index contributed by atoms with van der Waals surface area (Å²) in [5.74, 6) is 1.18. The molecule has 3 aromatic rings. The van der Waals surface area contributed by atoms with Crippen molar-refractivity contribution in [3.63, 3.8) is 0 Å². The van der Waals surface area contributed by atoms with Crippen LogP contribution in [-0.4, -0.2) is 40.4 Å². The lowest BCUT2D eigenvalue weighted by Gasteiger charge is -2.16. The average Bonchev–Trinajstić information content (AvgIpc) is 2.82. The van der Waals surface area contributed by atoms with Crippen LogP contribution in [0, 0.1) is 5.41 Å². The van der Waals surface area contributed by atoms with Gasteiger partial charge in [0.15, 0.2) is 5.65 Å². The van der Waals surface area contributed by atoms with E-state index in [0.717, 1.165) is 23.3 Å². The number of allylic oxidation sites excluding steroid dienone is 5. The summed E-state index contributed by atoms with van der Waals surface area (Å²) in [5.41, 5.74) is 3.17. The van der Waals surface area contributed by atoms with Crippen molar-refractivity contribution in [1.82, 2.24) is 19.9 Å². The quantitative estimate of drug-likeness (QED) is 0.516. The predicted molar refractivity (Wildman–Crippen MR) is 132 cm³/mol. The molecule has 0 bridgehead atoms. The van der Waals surface area contributed by atoms with Crippen molar-refractivity contribution in [2.45, 2.75) is 13.8 Å². The third-order valence-corrected chi connectivity index (χ3v) is 5.14. The van der Waals surface area contributed by atoms with Gasteiger partial charge in [0.25, 0.3) is 5.56 Å². The van der Waals surface area contributed by atoms with Gasteiger partial charge in [-0.1, -0.05) is 6.08 Å². The predicted octanol–water partition coefficient (Wildman–Crippen LogP) is 3.69. The summed E-state index contributed by atoms with van der Waals surface area (Å²) < 4.78 is 7.14. The van der Waals surface area contributed by atoms with Crippen LogP contribution in [0.2, 0.25) is 0 Å². The average molecular weight is 443 g/mol. The fourth-order valence-corrected chi connectivity index (χ4v) is 3.65. The number of hydrogen-bond acceptors (Lipinski definition) is 7. The fraction of sp³-hybridized carbons (Fsp3) is 0.200. The van der Waals surface area contributed by atoms with E-state index < -0.39 is 0 Å². The van der Waals surface area contributed by atoms with Crippen LogP contribution >= 0.6 is 0 Å². The van der Waals surface area contributed by atoms with Gasteiger partial charge >= 0.3 is 0 Å². The van der Waals surface area contributed by atoms with E-state index in [1.165, 1.54) is 0 Å². The Morgan fingerprint density at radius 3 is 2.73 bits per heavy atom. The van der Waals surface area contributed by atoms with Crippen molar-refractivity contribution in [3.05, 3.63) is 82.4 Å². The molecule has 0 amide bonds. The molecule has 1 aliphatic rings. The molecule has 4 rings (SSSR count). The lowest BCUT2D eigenvalue weighted by atomic mass is 9.95. The first-order valence-corrected chi connectivity index (χ1v) is 10.8. The number of aromatic nitrogens is 3. The highest BCUT2D eigenvalue weighted by atomic mass is 16.5. The van der Waals surface area contributed by atoms with Crippen molar-refractivity contribution in [2.24, 2.45) is 0 Å². The second-order valence-corrected chi connectivity index (χ2v) is 7.36. The van der Waals surface area contributed by atoms with E-state index in [4.69, 9.17) is 10.1 Å². The molecular formula is C25H26N6O2. The van der Waals surface area contributed by atoms with E-state index in [1.54, 1.807) is 42.2 Å². The molecule has 0 radical (unpaired) electrons. The van der Waals surface area contributed by atoms with Crippen LogP contribution in [0.15, 0.2) is 71.3 Å². The summed E-state index contributed by atoms with van der Waals surface area (Å²) in [4.78, 5) is 22.8. The minimum atomic E-state index is -0.227. The van der Waals surface area contributed by atoms with Crippen LogP contribution in [0.5, 0.6) is 5.88 Å². The molecule has 0 saturated carbocycles. The number of rotatable bonds is 7. The smallest absolute Gasteiger partial charge is 0.264 e. The number of nitrogens with zero attached hydrogens (tertiary/aromatic N) is 3. The Morgan fingerprint density at radius 2 is 2.03 bits per heavy atom. The van der Waals surface area contributed by atoms with Gasteiger partial charge in [0, 0.05) is 42.4 Å². The lowest BCUT2D eigenvalue weighted by Crippen LogP contribution is -2.23. The molecule has 168 valence electrons. The molecule has 33 heavy (non-hydrogen) atoms. The molecule has 8 nitrogen and oxygen atoms in total. The third-order valence-electron chi connectivity index (χ3n) is 5.14. The summed E-state index contributed by atoms with van der Waals surface area (Å²) in [5, 5.41) is 15.0. The zero-order valence-electron chi connectivity index (χ0n) is 18.8. The Balaban J connectivity index is 1.96. The van der Waals surface area contributed by atoms with E-state index >= 15 is 0 Å². The Kier molecular flexibility index (Phi) is 6.35. The zero-order valence-corrected chi connectivity index (χ0v) is 18.8. The second kappa shape index (κ2) is 9.52. The summed E-state index contributed by atoms with van der Waals surface area (Å²) in [6.07, 6.45) is 8.71. The van der Waals surface area contributed by atoms with E-state index in [2.05, 4.69) is 20.6 Å². The molecule has 0 fully saturated rings. The summed E-state index contributed by atoms with van der Waals surface area (Å²) >= 11 is 0. The lowest BCUT2D eigenvalue weighted by molar-refractivity contribution is 0.328. The van der Waals surface area contributed by atoms with Crippen LogP contribution in [0.3, 0.4) is 0 Å². The van der Waals surface area contributed by atoms with Crippen molar-refractivity contribution >= 4 is 28.1 Å². The standard InChI is InChI=1S/C25H26N6O2/c1-4-28-22-10-8-19(15-29-22)31-24-17(7-11-23(30-24)33-5-2)13-20(25(31)32)16-6-9-21(26)18(12-16)14-27-3/h6-15,26-27H,4-5H2,1-3H3,(H,28,29)/b18-14-,26-21?. The molecule has 3 heterocycles. The van der Waals surface area contributed by atoms with Crippen molar-refractivity contribution < 1.29 is 4.74 Å². The van der Waals surface area contributed by atoms with Crippen LogP contribution in [-0.2, 0) is 0 Å². The highest BCUT2D eigenvalue weighted by molar-refractivity contribution is 6.13. The number of hydrogen-bond donors (Lipinski definition) is 3. The maximum atomic E-state index is 13.8. The highest BCUT2D eigenvalue weighted by Crippen LogP contribution is 2.26. The van der Waals surface area contributed by atoms with Gasteiger partial charge in [-0.25, -0.2) is 4.98 Å². The van der Waals surface area contributed by atoms with Crippen molar-refractivity contribution in [2.75, 3.05) is 25.5 Å². The van der Waals surface area contributed by atoms with Gasteiger partial charge in [-0.3, -0.25) is 9.36 Å². The number of ether oxygens (including phenoxy) is 1. The second-order valence-electron chi connectivity index (χ2n) is 7.36. The molecule has 0 unspecified atom stereocenters. The van der Waals surface area contributed by atoms with Gasteiger partial charge in [-0.15, -0.1) is 0 Å². The molecule has 0 spiro atoms. The first-order chi connectivity index (χ1) is 16.0. The molecule has 3 aromatic heterocycles. The van der Waals surface area contributed by atoms with E-state index in [9.17, 15) is 4.79 Å². The van der Waals surface area contributed by atoms with Gasteiger partial charge in [-0.05, 0) is 55.8 Å². The van der Waals surface area contributed by atoms with E-state index in [-0.39, 0.29) is 5.56 Å². The van der Waals surface area contributed by atoms with Crippen LogP contribution in [0.4, 0.5) is 5.82 Å². The molecule has 0 saturated heterocycles. The summed E-state index contributed by atoms with van der Waals surface area (Å²) in [6, 6.07) is 9.21. The number of nitrogens with one attached hydrogen (secondary N) is 3. The number of pyridine rings is 3. The monoisotopic (exact) mass is 442 g/mol. The van der Waals surface area contributed by atoms with Crippen molar-refractivity contribution in [1.29, 1.82) is 5.41 Å². The number of fused-ring (bicyclic) bond motifs is 1. The Bertz CT molecular complexity index is 1350. The molecule has 8 heteroatoms. The van der Waals surface area contributed by atoms with Gasteiger partial charge in [-0.2, -0.15) is 4.98 Å². The normalized spacial score (nSPS) is 14.5. The minimum Gasteiger partial charge on any atom is -0.478 e. The maximum absolute atomic E-state index is 13.8.